The standard InChI is InChI=1S/C79H41NO2/c1-80-78(81)76-62(43-20-10-4-11-21-43)74-57-38-34-51-47-30-28-45-49-32-36-55-68-56(73-61(42-18-8-3-9-19-42)71-54-27-15-25-40-24-14-26-53(59(40)54)70(71)60(72(55)73)41-16-6-2-7-17-41)37-33-50(66(49)68)46-29-31-48(65(47)64(45)46)52-35-39-58(69(57)67(51)52)75(74)63(77(76)79(80)82)44-22-12-5-13-23-44/h2-39H,1H3. The van der Waals surface area contributed by atoms with Crippen molar-refractivity contribution in [2.24, 2.45) is 0 Å². The maximum Gasteiger partial charge on any atom is 0.261 e. The summed E-state index contributed by atoms with van der Waals surface area (Å²) in [4.78, 5) is 30.4. The Kier molecular flexibility index (Phi) is 7.86. The van der Waals surface area contributed by atoms with Gasteiger partial charge in [-0.25, -0.2) is 0 Å². The van der Waals surface area contributed by atoms with Crippen LogP contribution >= 0.6 is 0 Å². The third kappa shape index (κ3) is 4.95. The molecule has 18 aromatic carbocycles. The van der Waals surface area contributed by atoms with Gasteiger partial charge in [-0.15, -0.1) is 0 Å². The zero-order valence-corrected chi connectivity index (χ0v) is 44.2. The van der Waals surface area contributed by atoms with Gasteiger partial charge in [-0.1, -0.05) is 231 Å². The highest BCUT2D eigenvalue weighted by Gasteiger charge is 2.44. The van der Waals surface area contributed by atoms with Crippen molar-refractivity contribution in [2.45, 2.75) is 0 Å². The fraction of sp³-hybridized carbons (Fsp3) is 0.0127. The molecule has 1 aliphatic heterocycles. The summed E-state index contributed by atoms with van der Waals surface area (Å²) in [7, 11) is 1.61. The van der Waals surface area contributed by atoms with Gasteiger partial charge in [-0.2, -0.15) is 0 Å². The van der Waals surface area contributed by atoms with E-state index in [1.807, 2.05) is 36.4 Å². The Morgan fingerprint density at radius 3 is 0.841 bits per heavy atom. The van der Waals surface area contributed by atoms with Crippen molar-refractivity contribution in [3.63, 3.8) is 0 Å². The zero-order valence-electron chi connectivity index (χ0n) is 44.2. The van der Waals surface area contributed by atoms with E-state index in [-0.39, 0.29) is 11.8 Å². The number of hydrogen-bond acceptors (Lipinski definition) is 2. The van der Waals surface area contributed by atoms with Crippen LogP contribution in [-0.2, 0) is 0 Å². The summed E-state index contributed by atoms with van der Waals surface area (Å²) in [5.41, 5.74) is 13.7. The van der Waals surface area contributed by atoms with Crippen molar-refractivity contribution in [2.75, 3.05) is 7.05 Å². The lowest BCUT2D eigenvalue weighted by molar-refractivity contribution is 0.0693. The summed E-state index contributed by atoms with van der Waals surface area (Å²) in [6, 6.07) is 85.0. The minimum Gasteiger partial charge on any atom is -0.277 e. The van der Waals surface area contributed by atoms with E-state index in [9.17, 15) is 9.59 Å². The van der Waals surface area contributed by atoms with Crippen molar-refractivity contribution in [3.05, 3.63) is 242 Å². The minimum absolute atomic E-state index is 0.268. The molecule has 18 aromatic rings. The molecule has 0 bridgehead atoms. The predicted octanol–water partition coefficient (Wildman–Crippen LogP) is 20.8. The maximum absolute atomic E-state index is 14.6. The Bertz CT molecular complexity index is 5600. The average molecular weight is 1040 g/mol. The third-order valence-corrected chi connectivity index (χ3v) is 19.5. The second-order valence-corrected chi connectivity index (χ2v) is 23.1. The average Bonchev–Trinajstić information content (AvgIpc) is 2.68. The van der Waals surface area contributed by atoms with Crippen LogP contribution in [0.2, 0.25) is 0 Å². The molecule has 3 heteroatoms. The van der Waals surface area contributed by atoms with Gasteiger partial charge in [-0.3, -0.25) is 14.5 Å². The SMILES string of the molecule is CN1C(=O)c2c(c(-c3ccccc3)c3c(c2-c2ccccc2)-c2ccc4c5ccc6c7ccc8c9c(-c%10ccccc%10)c%10c%11cccc%12cccc(c%10c(-c%10ccccc%10)c9c9ccc(c%10ccc(c%13ccc-3c2c4%13)c5c6%10)c7c89)c%12%11)C1=O. The Labute approximate surface area is 468 Å². The number of rotatable bonds is 4. The molecule has 2 amide bonds. The van der Waals surface area contributed by atoms with Crippen molar-refractivity contribution < 1.29 is 9.59 Å². The van der Waals surface area contributed by atoms with Crippen molar-refractivity contribution in [1.82, 2.24) is 4.90 Å². The molecule has 1 aliphatic carbocycles. The molecule has 374 valence electrons. The highest BCUT2D eigenvalue weighted by Crippen LogP contribution is 2.62. The van der Waals surface area contributed by atoms with Gasteiger partial charge in [0.2, 0.25) is 0 Å². The van der Waals surface area contributed by atoms with Gasteiger partial charge in [-0.05, 0) is 185 Å². The van der Waals surface area contributed by atoms with Gasteiger partial charge in [0.25, 0.3) is 11.8 Å². The van der Waals surface area contributed by atoms with E-state index in [1.54, 1.807) is 7.05 Å². The highest BCUT2D eigenvalue weighted by molar-refractivity contribution is 6.51. The first-order chi connectivity index (χ1) is 40.5. The van der Waals surface area contributed by atoms with E-state index in [2.05, 4.69) is 194 Å². The molecule has 0 saturated heterocycles. The van der Waals surface area contributed by atoms with Crippen LogP contribution in [0.5, 0.6) is 0 Å². The summed E-state index contributed by atoms with van der Waals surface area (Å²) >= 11 is 0. The normalized spacial score (nSPS) is 13.5. The van der Waals surface area contributed by atoms with Crippen molar-refractivity contribution in [3.8, 4) is 66.8 Å². The van der Waals surface area contributed by atoms with Crippen LogP contribution in [0, 0.1) is 0 Å². The van der Waals surface area contributed by atoms with Crippen molar-refractivity contribution >= 4 is 141 Å². The van der Waals surface area contributed by atoms with E-state index in [0.29, 0.717) is 11.1 Å². The number of hydrogen-bond donors (Lipinski definition) is 0. The van der Waals surface area contributed by atoms with Gasteiger partial charge < -0.3 is 0 Å². The molecule has 82 heavy (non-hydrogen) atoms. The molecule has 0 saturated carbocycles. The molecule has 0 atom stereocenters. The predicted molar refractivity (Wildman–Crippen MR) is 344 cm³/mol. The van der Waals surface area contributed by atoms with Crippen LogP contribution in [0.3, 0.4) is 0 Å². The van der Waals surface area contributed by atoms with Crippen LogP contribution < -0.4 is 0 Å². The van der Waals surface area contributed by atoms with Crippen LogP contribution in [-0.4, -0.2) is 23.8 Å². The molecule has 1 heterocycles. The van der Waals surface area contributed by atoms with Gasteiger partial charge in [0.1, 0.15) is 0 Å². The number of amides is 2. The number of carbonyl (C=O) groups is 2. The summed E-state index contributed by atoms with van der Waals surface area (Å²) in [6.45, 7) is 0. The van der Waals surface area contributed by atoms with Gasteiger partial charge in [0.05, 0.1) is 11.1 Å². The summed E-state index contributed by atoms with van der Waals surface area (Å²) in [5, 5.41) is 30.5. The second-order valence-electron chi connectivity index (χ2n) is 23.1. The lowest BCUT2D eigenvalue weighted by atomic mass is 9.81. The maximum atomic E-state index is 14.6. The van der Waals surface area contributed by atoms with Crippen LogP contribution in [0.15, 0.2) is 231 Å². The van der Waals surface area contributed by atoms with Crippen LogP contribution in [0.1, 0.15) is 20.7 Å². The van der Waals surface area contributed by atoms with E-state index in [4.69, 9.17) is 0 Å². The Balaban J connectivity index is 0.906. The van der Waals surface area contributed by atoms with E-state index < -0.39 is 0 Å². The molecule has 0 aromatic heterocycles. The van der Waals surface area contributed by atoms with Crippen LogP contribution in [0.4, 0.5) is 0 Å². The fourth-order valence-corrected chi connectivity index (χ4v) is 16.4. The molecule has 0 fully saturated rings. The molecule has 0 N–H and O–H groups in total. The summed E-state index contributed by atoms with van der Waals surface area (Å²) in [5.74, 6) is -0.536. The molecule has 3 nitrogen and oxygen atoms in total. The highest BCUT2D eigenvalue weighted by atomic mass is 16.2. The quantitative estimate of drug-likeness (QED) is 0.100. The van der Waals surface area contributed by atoms with Gasteiger partial charge in [0.15, 0.2) is 0 Å². The Hall–Kier alpha value is -10.7. The lowest BCUT2D eigenvalue weighted by Gasteiger charge is -2.20. The van der Waals surface area contributed by atoms with E-state index in [1.165, 1.54) is 156 Å². The fourth-order valence-electron chi connectivity index (χ4n) is 16.4. The first-order valence-corrected chi connectivity index (χ1v) is 28.4. The number of fused-ring (bicyclic) bond motifs is 14. The van der Waals surface area contributed by atoms with Gasteiger partial charge in [0, 0.05) is 18.2 Å². The first-order valence-electron chi connectivity index (χ1n) is 28.4. The first kappa shape index (κ1) is 43.2. The number of carbonyl (C=O) groups excluding carboxylic acids is 2. The third-order valence-electron chi connectivity index (χ3n) is 19.5. The molecule has 0 radical (unpaired) electrons. The molecule has 20 rings (SSSR count). The number of nitrogens with zero attached hydrogens (tertiary/aromatic N) is 1. The molecular formula is C79H41NO2. The molecule has 0 spiro atoms. The van der Waals surface area contributed by atoms with Crippen LogP contribution in [0.25, 0.3) is 196 Å². The minimum atomic E-state index is -0.268. The number of benzene rings is 16. The topological polar surface area (TPSA) is 37.4 Å². The molecular weight excluding hydrogens is 995 g/mol. The van der Waals surface area contributed by atoms with Gasteiger partial charge >= 0.3 is 0 Å². The lowest BCUT2D eigenvalue weighted by Crippen LogP contribution is -2.24. The van der Waals surface area contributed by atoms with Crippen molar-refractivity contribution in [1.29, 1.82) is 0 Å². The molecule has 0 unspecified atom stereocenters. The second kappa shape index (κ2) is 14.9. The largest absolute Gasteiger partial charge is 0.277 e. The Morgan fingerprint density at radius 1 is 0.207 bits per heavy atom. The smallest absolute Gasteiger partial charge is 0.261 e. The van der Waals surface area contributed by atoms with E-state index >= 15 is 0 Å². The molecule has 2 aliphatic rings. The summed E-state index contributed by atoms with van der Waals surface area (Å²) in [6.07, 6.45) is 0. The number of imide groups is 1. The Morgan fingerprint density at radius 2 is 0.488 bits per heavy atom. The zero-order chi connectivity index (χ0) is 53.5. The summed E-state index contributed by atoms with van der Waals surface area (Å²) < 4.78 is 0. The monoisotopic (exact) mass is 1040 g/mol. The van der Waals surface area contributed by atoms with E-state index in [0.717, 1.165) is 44.5 Å².